The van der Waals surface area contributed by atoms with Crippen molar-refractivity contribution in [2.75, 3.05) is 0 Å². The molecule has 0 unspecified atom stereocenters. The molecule has 0 atom stereocenters. The molecule has 0 spiro atoms. The first kappa shape index (κ1) is 31.5. The van der Waals surface area contributed by atoms with Crippen LogP contribution in [-0.2, 0) is 10.8 Å². The highest BCUT2D eigenvalue weighted by Gasteiger charge is 2.47. The summed E-state index contributed by atoms with van der Waals surface area (Å²) in [4.78, 5) is 0. The lowest BCUT2D eigenvalue weighted by molar-refractivity contribution is 0.601. The van der Waals surface area contributed by atoms with Gasteiger partial charge in [-0.25, -0.2) is 0 Å². The number of fused-ring (bicyclic) bond motifs is 11. The molecule has 2 aliphatic rings. The van der Waals surface area contributed by atoms with Gasteiger partial charge in [0.1, 0.15) is 0 Å². The second kappa shape index (κ2) is 10.8. The summed E-state index contributed by atoms with van der Waals surface area (Å²) in [6.07, 6.45) is 0. The molecule has 0 amide bonds. The number of hydrogen-bond acceptors (Lipinski definition) is 0. The molecule has 2 aliphatic carbocycles. The Bertz CT molecular complexity index is 2790. The zero-order valence-electron chi connectivity index (χ0n) is 31.9. The smallest absolute Gasteiger partial charge is 0.0162 e. The highest BCUT2D eigenvalue weighted by molar-refractivity contribution is 6.14. The van der Waals surface area contributed by atoms with Crippen LogP contribution in [0.15, 0.2) is 146 Å². The Balaban J connectivity index is 1.13. The van der Waals surface area contributed by atoms with Crippen LogP contribution in [0, 0.1) is 13.8 Å². The molecule has 0 nitrogen and oxygen atoms in total. The molecule has 0 N–H and O–H groups in total. The molecule has 0 aromatic heterocycles. The Labute approximate surface area is 317 Å². The molecule has 9 aromatic carbocycles. The monoisotopic (exact) mass is 690 g/mol. The maximum atomic E-state index is 2.53. The average molecular weight is 691 g/mol. The second-order valence-electron chi connectivity index (χ2n) is 16.9. The summed E-state index contributed by atoms with van der Waals surface area (Å²) in [6, 6.07) is 54.9. The molecular formula is C54H42. The van der Waals surface area contributed by atoms with Crippen molar-refractivity contribution in [2.45, 2.75) is 52.4 Å². The highest BCUT2D eigenvalue weighted by atomic mass is 14.5. The zero-order chi connectivity index (χ0) is 36.7. The van der Waals surface area contributed by atoms with E-state index in [1.807, 2.05) is 0 Å². The van der Waals surface area contributed by atoms with Crippen LogP contribution < -0.4 is 0 Å². The van der Waals surface area contributed by atoms with E-state index in [0.29, 0.717) is 0 Å². The zero-order valence-corrected chi connectivity index (χ0v) is 31.9. The Hall–Kier alpha value is -5.98. The molecule has 0 heteroatoms. The van der Waals surface area contributed by atoms with Gasteiger partial charge in [-0.05, 0) is 159 Å². The largest absolute Gasteiger partial charge is 0.0616 e. The van der Waals surface area contributed by atoms with Crippen LogP contribution in [0.5, 0.6) is 0 Å². The van der Waals surface area contributed by atoms with Gasteiger partial charge in [0, 0.05) is 10.8 Å². The van der Waals surface area contributed by atoms with Crippen molar-refractivity contribution >= 4 is 43.1 Å². The van der Waals surface area contributed by atoms with Crippen LogP contribution in [0.2, 0.25) is 0 Å². The van der Waals surface area contributed by atoms with Gasteiger partial charge in [0.2, 0.25) is 0 Å². The number of rotatable bonds is 2. The van der Waals surface area contributed by atoms with Crippen LogP contribution in [0.4, 0.5) is 0 Å². The molecule has 0 saturated carbocycles. The molecule has 0 fully saturated rings. The van der Waals surface area contributed by atoms with Crippen LogP contribution in [0.3, 0.4) is 0 Å². The van der Waals surface area contributed by atoms with E-state index < -0.39 is 0 Å². The molecule has 0 aliphatic heterocycles. The van der Waals surface area contributed by atoms with E-state index in [-0.39, 0.29) is 10.8 Å². The van der Waals surface area contributed by atoms with Gasteiger partial charge < -0.3 is 0 Å². The van der Waals surface area contributed by atoms with E-state index in [0.717, 1.165) is 0 Å². The molecule has 258 valence electrons. The normalized spacial score (nSPS) is 14.8. The van der Waals surface area contributed by atoms with E-state index in [4.69, 9.17) is 0 Å². The summed E-state index contributed by atoms with van der Waals surface area (Å²) in [6.45, 7) is 14.6. The first-order valence-electron chi connectivity index (χ1n) is 19.4. The van der Waals surface area contributed by atoms with E-state index in [1.54, 1.807) is 0 Å². The highest BCUT2D eigenvalue weighted by Crippen LogP contribution is 2.62. The Morgan fingerprint density at radius 2 is 0.648 bits per heavy atom. The van der Waals surface area contributed by atoms with Crippen LogP contribution >= 0.6 is 0 Å². The molecule has 0 saturated heterocycles. The van der Waals surface area contributed by atoms with Crippen molar-refractivity contribution in [3.63, 3.8) is 0 Å². The molecule has 0 radical (unpaired) electrons. The molecule has 0 heterocycles. The lowest BCUT2D eigenvalue weighted by atomic mass is 9.71. The van der Waals surface area contributed by atoms with Crippen molar-refractivity contribution in [1.82, 2.24) is 0 Å². The van der Waals surface area contributed by atoms with E-state index in [9.17, 15) is 0 Å². The van der Waals surface area contributed by atoms with E-state index >= 15 is 0 Å². The lowest BCUT2D eigenvalue weighted by Gasteiger charge is -2.32. The topological polar surface area (TPSA) is 0 Å². The molecular weight excluding hydrogens is 649 g/mol. The van der Waals surface area contributed by atoms with Crippen molar-refractivity contribution in [3.8, 4) is 44.5 Å². The van der Waals surface area contributed by atoms with Gasteiger partial charge in [0.15, 0.2) is 0 Å². The predicted molar refractivity (Wildman–Crippen MR) is 232 cm³/mol. The third-order valence-electron chi connectivity index (χ3n) is 13.4. The first-order chi connectivity index (χ1) is 26.1. The minimum absolute atomic E-state index is 0.183. The third kappa shape index (κ3) is 4.04. The minimum atomic E-state index is -0.183. The van der Waals surface area contributed by atoms with E-state index in [2.05, 4.69) is 187 Å². The second-order valence-corrected chi connectivity index (χ2v) is 16.9. The summed E-state index contributed by atoms with van der Waals surface area (Å²) in [5, 5.41) is 10.4. The van der Waals surface area contributed by atoms with Gasteiger partial charge in [-0.3, -0.25) is 0 Å². The quantitative estimate of drug-likeness (QED) is 0.158. The number of hydrogen-bond donors (Lipinski definition) is 0. The van der Waals surface area contributed by atoms with Gasteiger partial charge in [0.25, 0.3) is 0 Å². The fraction of sp³-hybridized carbons (Fsp3) is 0.148. The fourth-order valence-corrected chi connectivity index (χ4v) is 10.7. The Morgan fingerprint density at radius 1 is 0.333 bits per heavy atom. The predicted octanol–water partition coefficient (Wildman–Crippen LogP) is 14.9. The van der Waals surface area contributed by atoms with Crippen LogP contribution in [0.25, 0.3) is 87.6 Å². The third-order valence-corrected chi connectivity index (χ3v) is 13.4. The maximum Gasteiger partial charge on any atom is 0.0162 e. The molecule has 9 aromatic rings. The van der Waals surface area contributed by atoms with Crippen molar-refractivity contribution in [1.29, 1.82) is 0 Å². The SMILES string of the molecule is Cc1c(C)c2c(c3c1-c1ccc(-c4c5ccccc5cc5ccccc45)cc1C3(C)C)C(C)(C)c1cc(-c3c4ccccc4cc4ccccc34)ccc1-2. The molecule has 54 heavy (non-hydrogen) atoms. The Kier molecular flexibility index (Phi) is 6.31. The van der Waals surface area contributed by atoms with Crippen molar-refractivity contribution in [2.24, 2.45) is 0 Å². The van der Waals surface area contributed by atoms with Gasteiger partial charge in [-0.15, -0.1) is 0 Å². The summed E-state index contributed by atoms with van der Waals surface area (Å²) < 4.78 is 0. The van der Waals surface area contributed by atoms with Gasteiger partial charge in [-0.2, -0.15) is 0 Å². The summed E-state index contributed by atoms with van der Waals surface area (Å²) in [5.41, 5.74) is 19.2. The minimum Gasteiger partial charge on any atom is -0.0616 e. The average Bonchev–Trinajstić information content (AvgIpc) is 3.56. The Morgan fingerprint density at radius 3 is 0.981 bits per heavy atom. The lowest BCUT2D eigenvalue weighted by Crippen LogP contribution is -2.24. The van der Waals surface area contributed by atoms with Crippen LogP contribution in [-0.4, -0.2) is 0 Å². The van der Waals surface area contributed by atoms with Crippen molar-refractivity contribution < 1.29 is 0 Å². The van der Waals surface area contributed by atoms with Gasteiger partial charge >= 0.3 is 0 Å². The maximum absolute atomic E-state index is 2.53. The standard InChI is InChI=1S/C54H42/c1-31-32(2)48-44-26-24-38(50-41-21-13-9-17-35(41)28-36-18-10-14-22-42(36)50)30-46(44)54(5,6)52(48)51-47(31)43-25-23-37(29-45(43)53(51,3)4)49-39-19-11-7-15-33(39)27-34-16-8-12-20-40(34)49/h7-30H,1-6H3. The van der Waals surface area contributed by atoms with Gasteiger partial charge in [-0.1, -0.05) is 149 Å². The fourth-order valence-electron chi connectivity index (χ4n) is 10.7. The summed E-state index contributed by atoms with van der Waals surface area (Å²) in [7, 11) is 0. The van der Waals surface area contributed by atoms with Crippen LogP contribution in [0.1, 0.15) is 61.1 Å². The van der Waals surface area contributed by atoms with Gasteiger partial charge in [0.05, 0.1) is 0 Å². The molecule has 11 rings (SSSR count). The summed E-state index contributed by atoms with van der Waals surface area (Å²) >= 11 is 0. The number of benzene rings is 9. The summed E-state index contributed by atoms with van der Waals surface area (Å²) in [5.74, 6) is 0. The van der Waals surface area contributed by atoms with E-state index in [1.165, 1.54) is 121 Å². The molecule has 0 bridgehead atoms. The van der Waals surface area contributed by atoms with Crippen molar-refractivity contribution in [3.05, 3.63) is 179 Å². The first-order valence-corrected chi connectivity index (χ1v) is 19.4.